The molecule has 3 N–H and O–H groups in total. The van der Waals surface area contributed by atoms with Gasteiger partial charge in [-0.2, -0.15) is 4.37 Å². The Morgan fingerprint density at radius 3 is 2.45 bits per heavy atom. The summed E-state index contributed by atoms with van der Waals surface area (Å²) in [6.07, 6.45) is 0.163. The molecule has 0 aliphatic rings. The second-order valence-corrected chi connectivity index (χ2v) is 6.63. The molecule has 1 amide bonds. The average molecular weight is 299 g/mol. The summed E-state index contributed by atoms with van der Waals surface area (Å²) in [6, 6.07) is -0.292. The Morgan fingerprint density at radius 2 is 2.00 bits per heavy atom. The zero-order valence-corrected chi connectivity index (χ0v) is 13.2. The third kappa shape index (κ3) is 3.55. The van der Waals surface area contributed by atoms with E-state index in [0.29, 0.717) is 10.7 Å². The fraction of sp³-hybridized carbons (Fsp3) is 0.615. The smallest absolute Gasteiger partial charge is 0.340 e. The van der Waals surface area contributed by atoms with Crippen LogP contribution in [0, 0.1) is 12.3 Å². The first-order valence-electron chi connectivity index (χ1n) is 6.27. The minimum atomic E-state index is -1.08. The standard InChI is InChI=1S/C13H21N3O3S/c1-7-10(12(18)19)11(20-15-7)16(5)9(17)6-8(14)13(2,3)4/h8H,6,14H2,1-5H3,(H,18,19). The van der Waals surface area contributed by atoms with E-state index in [1.54, 1.807) is 14.0 Å². The second kappa shape index (κ2) is 5.88. The maximum absolute atomic E-state index is 12.2. The predicted octanol–water partition coefficient (Wildman–Crippen LogP) is 1.88. The van der Waals surface area contributed by atoms with Crippen LogP contribution < -0.4 is 10.6 Å². The van der Waals surface area contributed by atoms with Gasteiger partial charge >= 0.3 is 5.97 Å². The normalized spacial score (nSPS) is 13.1. The molecule has 1 heterocycles. The third-order valence-corrected chi connectivity index (χ3v) is 4.26. The highest BCUT2D eigenvalue weighted by molar-refractivity contribution is 7.11. The van der Waals surface area contributed by atoms with Crippen molar-refractivity contribution in [3.8, 4) is 0 Å². The Kier molecular flexibility index (Phi) is 4.88. The van der Waals surface area contributed by atoms with Crippen molar-refractivity contribution in [2.75, 3.05) is 11.9 Å². The maximum Gasteiger partial charge on any atom is 0.340 e. The monoisotopic (exact) mass is 299 g/mol. The van der Waals surface area contributed by atoms with Gasteiger partial charge in [-0.05, 0) is 23.9 Å². The van der Waals surface area contributed by atoms with Crippen molar-refractivity contribution >= 4 is 28.4 Å². The number of carbonyl (C=O) groups excluding carboxylic acids is 1. The number of hydrogen-bond donors (Lipinski definition) is 2. The minimum absolute atomic E-state index is 0.0789. The van der Waals surface area contributed by atoms with E-state index in [1.807, 2.05) is 20.8 Å². The molecule has 1 aromatic rings. The van der Waals surface area contributed by atoms with Crippen molar-refractivity contribution in [2.24, 2.45) is 11.1 Å². The number of nitrogens with two attached hydrogens (primary N) is 1. The van der Waals surface area contributed by atoms with Crippen LogP contribution in [-0.4, -0.2) is 34.4 Å². The number of hydrogen-bond acceptors (Lipinski definition) is 5. The van der Waals surface area contributed by atoms with Crippen LogP contribution in [0.4, 0.5) is 5.00 Å². The van der Waals surface area contributed by atoms with E-state index in [0.717, 1.165) is 11.5 Å². The quantitative estimate of drug-likeness (QED) is 0.884. The molecule has 112 valence electrons. The first-order chi connectivity index (χ1) is 9.05. The lowest BCUT2D eigenvalue weighted by Gasteiger charge is -2.28. The van der Waals surface area contributed by atoms with E-state index in [2.05, 4.69) is 4.37 Å². The fourth-order valence-corrected chi connectivity index (χ4v) is 2.44. The van der Waals surface area contributed by atoms with Crippen molar-refractivity contribution in [1.82, 2.24) is 4.37 Å². The van der Waals surface area contributed by atoms with E-state index in [-0.39, 0.29) is 29.3 Å². The number of carbonyl (C=O) groups is 2. The summed E-state index contributed by atoms with van der Waals surface area (Å²) in [4.78, 5) is 24.8. The number of carboxylic acids is 1. The van der Waals surface area contributed by atoms with E-state index >= 15 is 0 Å². The minimum Gasteiger partial charge on any atom is -0.478 e. The number of aromatic carboxylic acids is 1. The van der Waals surface area contributed by atoms with Gasteiger partial charge in [-0.3, -0.25) is 4.79 Å². The highest BCUT2D eigenvalue weighted by Crippen LogP contribution is 2.29. The Hall–Kier alpha value is -1.47. The van der Waals surface area contributed by atoms with Gasteiger partial charge in [0.05, 0.1) is 5.69 Å². The number of nitrogens with zero attached hydrogens (tertiary/aromatic N) is 2. The topological polar surface area (TPSA) is 96.5 Å². The highest BCUT2D eigenvalue weighted by atomic mass is 32.1. The number of anilines is 1. The Balaban J connectivity index is 2.93. The number of aryl methyl sites for hydroxylation is 1. The average Bonchev–Trinajstić information content (AvgIpc) is 2.68. The van der Waals surface area contributed by atoms with Crippen LogP contribution in [0.25, 0.3) is 0 Å². The van der Waals surface area contributed by atoms with Gasteiger partial charge in [0.1, 0.15) is 10.6 Å². The molecule has 0 aromatic carbocycles. The molecule has 7 heteroatoms. The van der Waals surface area contributed by atoms with E-state index in [1.165, 1.54) is 4.90 Å². The molecular weight excluding hydrogens is 278 g/mol. The van der Waals surface area contributed by atoms with Crippen LogP contribution >= 0.6 is 11.5 Å². The van der Waals surface area contributed by atoms with Crippen molar-refractivity contribution < 1.29 is 14.7 Å². The largest absolute Gasteiger partial charge is 0.478 e. The Bertz CT molecular complexity index is 519. The molecule has 20 heavy (non-hydrogen) atoms. The van der Waals surface area contributed by atoms with Crippen molar-refractivity contribution in [3.63, 3.8) is 0 Å². The molecular formula is C13H21N3O3S. The summed E-state index contributed by atoms with van der Waals surface area (Å²) in [5, 5.41) is 9.53. The van der Waals surface area contributed by atoms with Crippen LogP contribution in [0.5, 0.6) is 0 Å². The van der Waals surface area contributed by atoms with Crippen LogP contribution in [0.2, 0.25) is 0 Å². The summed E-state index contributed by atoms with van der Waals surface area (Å²) < 4.78 is 4.00. The number of amides is 1. The second-order valence-electron chi connectivity index (χ2n) is 5.88. The maximum atomic E-state index is 12.2. The number of rotatable bonds is 4. The molecule has 0 aliphatic carbocycles. The summed E-state index contributed by atoms with van der Waals surface area (Å²) in [5.41, 5.74) is 6.30. The molecule has 0 fully saturated rings. The van der Waals surface area contributed by atoms with Crippen LogP contribution in [0.3, 0.4) is 0 Å². The lowest BCUT2D eigenvalue weighted by Crippen LogP contribution is -2.40. The van der Waals surface area contributed by atoms with Crippen LogP contribution in [0.1, 0.15) is 43.2 Å². The summed E-state index contributed by atoms with van der Waals surface area (Å²) in [6.45, 7) is 7.50. The van der Waals surface area contributed by atoms with E-state index in [9.17, 15) is 14.7 Å². The van der Waals surface area contributed by atoms with Gasteiger partial charge < -0.3 is 15.7 Å². The first kappa shape index (κ1) is 16.6. The fourth-order valence-electron chi connectivity index (χ4n) is 1.58. The van der Waals surface area contributed by atoms with Gasteiger partial charge in [0.2, 0.25) is 5.91 Å². The van der Waals surface area contributed by atoms with Crippen molar-refractivity contribution in [2.45, 2.75) is 40.2 Å². The molecule has 1 aromatic heterocycles. The summed E-state index contributed by atoms with van der Waals surface area (Å²) in [7, 11) is 1.55. The van der Waals surface area contributed by atoms with Gasteiger partial charge in [-0.1, -0.05) is 20.8 Å². The van der Waals surface area contributed by atoms with E-state index < -0.39 is 5.97 Å². The third-order valence-electron chi connectivity index (χ3n) is 3.24. The summed E-state index contributed by atoms with van der Waals surface area (Å²) >= 11 is 1.01. The lowest BCUT2D eigenvalue weighted by atomic mass is 9.85. The Morgan fingerprint density at radius 1 is 1.45 bits per heavy atom. The molecule has 1 atom stereocenters. The van der Waals surface area contributed by atoms with Gasteiger partial charge in [0.15, 0.2) is 0 Å². The highest BCUT2D eigenvalue weighted by Gasteiger charge is 2.28. The SMILES string of the molecule is Cc1nsc(N(C)C(=O)CC(N)C(C)(C)C)c1C(=O)O. The number of aromatic nitrogens is 1. The zero-order chi connectivity index (χ0) is 15.7. The van der Waals surface area contributed by atoms with Gasteiger partial charge in [-0.15, -0.1) is 0 Å². The molecule has 6 nitrogen and oxygen atoms in total. The van der Waals surface area contributed by atoms with Gasteiger partial charge in [0.25, 0.3) is 0 Å². The first-order valence-corrected chi connectivity index (χ1v) is 7.04. The van der Waals surface area contributed by atoms with Crippen LogP contribution in [-0.2, 0) is 4.79 Å². The molecule has 0 spiro atoms. The number of carboxylic acid groups (broad SMARTS) is 1. The molecule has 0 aliphatic heterocycles. The molecule has 0 saturated carbocycles. The molecule has 0 saturated heterocycles. The molecule has 0 bridgehead atoms. The Labute approximate surface area is 122 Å². The molecule has 1 unspecified atom stereocenters. The zero-order valence-electron chi connectivity index (χ0n) is 12.4. The summed E-state index contributed by atoms with van der Waals surface area (Å²) in [5.74, 6) is -1.29. The van der Waals surface area contributed by atoms with Crippen molar-refractivity contribution in [1.29, 1.82) is 0 Å². The van der Waals surface area contributed by atoms with Gasteiger partial charge in [0, 0.05) is 19.5 Å². The lowest BCUT2D eigenvalue weighted by molar-refractivity contribution is -0.119. The van der Waals surface area contributed by atoms with Crippen LogP contribution in [0.15, 0.2) is 0 Å². The van der Waals surface area contributed by atoms with E-state index in [4.69, 9.17) is 5.73 Å². The predicted molar refractivity (Wildman–Crippen MR) is 79.3 cm³/mol. The van der Waals surface area contributed by atoms with Crippen molar-refractivity contribution in [3.05, 3.63) is 11.3 Å². The molecule has 0 radical (unpaired) electrons. The van der Waals surface area contributed by atoms with Gasteiger partial charge in [-0.25, -0.2) is 4.79 Å². The molecule has 1 rings (SSSR count).